The Hall–Kier alpha value is -2.04. The molecule has 0 aliphatic rings. The molecule has 0 spiro atoms. The number of aromatic carboxylic acids is 1. The number of rotatable bonds is 4. The highest BCUT2D eigenvalue weighted by Gasteiger charge is 2.10. The van der Waals surface area contributed by atoms with Crippen LogP contribution in [0.15, 0.2) is 18.2 Å². The second-order valence-electron chi connectivity index (χ2n) is 3.38. The zero-order chi connectivity index (χ0) is 12.1. The van der Waals surface area contributed by atoms with Gasteiger partial charge in [-0.25, -0.2) is 4.79 Å². The van der Waals surface area contributed by atoms with Crippen LogP contribution in [-0.2, 0) is 4.79 Å². The third kappa shape index (κ3) is 2.98. The van der Waals surface area contributed by atoms with Gasteiger partial charge < -0.3 is 15.7 Å². The van der Waals surface area contributed by atoms with E-state index in [9.17, 15) is 9.59 Å². The highest BCUT2D eigenvalue weighted by atomic mass is 16.4. The Balaban J connectivity index is 2.88. The first-order valence-corrected chi connectivity index (χ1v) is 4.83. The van der Waals surface area contributed by atoms with Crippen LogP contribution in [0, 0.1) is 6.92 Å². The lowest BCUT2D eigenvalue weighted by molar-refractivity contribution is -0.118. The van der Waals surface area contributed by atoms with E-state index in [0.717, 1.165) is 5.56 Å². The van der Waals surface area contributed by atoms with Crippen LogP contribution in [0.4, 0.5) is 5.69 Å². The summed E-state index contributed by atoms with van der Waals surface area (Å²) >= 11 is 0. The van der Waals surface area contributed by atoms with Crippen LogP contribution >= 0.6 is 0 Å². The van der Waals surface area contributed by atoms with Crippen LogP contribution < -0.4 is 10.6 Å². The lowest BCUT2D eigenvalue weighted by atomic mass is 10.1. The maximum Gasteiger partial charge on any atom is 0.337 e. The molecular formula is C11H14N2O3. The Kier molecular flexibility index (Phi) is 3.88. The van der Waals surface area contributed by atoms with E-state index < -0.39 is 5.97 Å². The van der Waals surface area contributed by atoms with Gasteiger partial charge in [0.05, 0.1) is 12.1 Å². The van der Waals surface area contributed by atoms with Crippen molar-refractivity contribution in [2.24, 2.45) is 0 Å². The Bertz CT molecular complexity index is 416. The van der Waals surface area contributed by atoms with Gasteiger partial charge in [0.25, 0.3) is 0 Å². The third-order valence-electron chi connectivity index (χ3n) is 2.12. The summed E-state index contributed by atoms with van der Waals surface area (Å²) in [5, 5.41) is 14.2. The van der Waals surface area contributed by atoms with Crippen molar-refractivity contribution < 1.29 is 14.7 Å². The Labute approximate surface area is 93.5 Å². The number of carboxylic acid groups (broad SMARTS) is 1. The topological polar surface area (TPSA) is 78.4 Å². The minimum atomic E-state index is -1.01. The number of carbonyl (C=O) groups is 2. The predicted molar refractivity (Wildman–Crippen MR) is 60.7 cm³/mol. The van der Waals surface area contributed by atoms with E-state index >= 15 is 0 Å². The first-order valence-electron chi connectivity index (χ1n) is 4.83. The molecule has 1 amide bonds. The largest absolute Gasteiger partial charge is 0.478 e. The zero-order valence-corrected chi connectivity index (χ0v) is 9.20. The minimum absolute atomic E-state index is 0.0558. The zero-order valence-electron chi connectivity index (χ0n) is 9.20. The summed E-state index contributed by atoms with van der Waals surface area (Å²) in [5.74, 6) is -1.21. The molecule has 1 rings (SSSR count). The van der Waals surface area contributed by atoms with Crippen molar-refractivity contribution in [1.29, 1.82) is 0 Å². The number of amides is 1. The van der Waals surface area contributed by atoms with Crippen LogP contribution in [0.2, 0.25) is 0 Å². The van der Waals surface area contributed by atoms with E-state index in [1.165, 1.54) is 13.1 Å². The maximum atomic E-state index is 11.0. The van der Waals surface area contributed by atoms with E-state index in [2.05, 4.69) is 10.6 Å². The van der Waals surface area contributed by atoms with Gasteiger partial charge in [-0.2, -0.15) is 0 Å². The van der Waals surface area contributed by atoms with Gasteiger partial charge in [-0.3, -0.25) is 4.79 Å². The van der Waals surface area contributed by atoms with E-state index in [4.69, 9.17) is 5.11 Å². The molecule has 0 radical (unpaired) electrons. The molecule has 1 aromatic rings. The average Bonchev–Trinajstić information content (AvgIpc) is 2.25. The molecule has 86 valence electrons. The molecule has 0 aromatic heterocycles. The highest BCUT2D eigenvalue weighted by Crippen LogP contribution is 2.17. The van der Waals surface area contributed by atoms with Crippen molar-refractivity contribution in [2.75, 3.05) is 18.9 Å². The van der Waals surface area contributed by atoms with Crippen LogP contribution in [0.1, 0.15) is 15.9 Å². The normalized spacial score (nSPS) is 9.62. The summed E-state index contributed by atoms with van der Waals surface area (Å²) in [7, 11) is 1.53. The Morgan fingerprint density at radius 1 is 1.38 bits per heavy atom. The fraction of sp³-hybridized carbons (Fsp3) is 0.273. The molecule has 0 fully saturated rings. The lowest BCUT2D eigenvalue weighted by Gasteiger charge is -2.09. The van der Waals surface area contributed by atoms with Gasteiger partial charge in [0.1, 0.15) is 0 Å². The molecule has 0 atom stereocenters. The molecule has 0 saturated carbocycles. The van der Waals surface area contributed by atoms with Crippen molar-refractivity contribution in [3.63, 3.8) is 0 Å². The highest BCUT2D eigenvalue weighted by molar-refractivity contribution is 5.95. The molecule has 0 bridgehead atoms. The number of likely N-dealkylation sites (N-methyl/N-ethyl adjacent to an activating group) is 1. The van der Waals surface area contributed by atoms with Crippen molar-refractivity contribution in [1.82, 2.24) is 5.32 Å². The number of carboxylic acids is 1. The molecule has 0 saturated heterocycles. The quantitative estimate of drug-likeness (QED) is 0.705. The van der Waals surface area contributed by atoms with Gasteiger partial charge in [-0.05, 0) is 24.6 Å². The number of nitrogens with one attached hydrogen (secondary N) is 2. The monoisotopic (exact) mass is 222 g/mol. The SMILES string of the molecule is CNC(=O)CNc1cc(C)ccc1C(=O)O. The van der Waals surface area contributed by atoms with Crippen molar-refractivity contribution in [3.8, 4) is 0 Å². The molecule has 16 heavy (non-hydrogen) atoms. The Morgan fingerprint density at radius 2 is 2.06 bits per heavy atom. The molecule has 1 aromatic carbocycles. The van der Waals surface area contributed by atoms with Gasteiger partial charge in [0.2, 0.25) is 5.91 Å². The molecule has 0 unspecified atom stereocenters. The molecule has 0 aliphatic carbocycles. The number of carbonyl (C=O) groups excluding carboxylic acids is 1. The summed E-state index contributed by atoms with van der Waals surface area (Å²) in [6.45, 7) is 1.91. The van der Waals surface area contributed by atoms with Gasteiger partial charge in [0.15, 0.2) is 0 Å². The fourth-order valence-electron chi connectivity index (χ4n) is 1.25. The summed E-state index contributed by atoms with van der Waals surface area (Å²) in [6, 6.07) is 4.94. The molecular weight excluding hydrogens is 208 g/mol. The lowest BCUT2D eigenvalue weighted by Crippen LogP contribution is -2.26. The summed E-state index contributed by atoms with van der Waals surface area (Å²) in [5.41, 5.74) is 1.55. The first-order chi connectivity index (χ1) is 7.54. The molecule has 0 aliphatic heterocycles. The second-order valence-corrected chi connectivity index (χ2v) is 3.38. The average molecular weight is 222 g/mol. The van der Waals surface area contributed by atoms with E-state index in [1.807, 2.05) is 6.92 Å². The van der Waals surface area contributed by atoms with Gasteiger partial charge >= 0.3 is 5.97 Å². The van der Waals surface area contributed by atoms with Crippen LogP contribution in [0.5, 0.6) is 0 Å². The van der Waals surface area contributed by atoms with Gasteiger partial charge in [-0.15, -0.1) is 0 Å². The molecule has 3 N–H and O–H groups in total. The standard InChI is InChI=1S/C11H14N2O3/c1-7-3-4-8(11(15)16)9(5-7)13-6-10(14)12-2/h3-5,13H,6H2,1-2H3,(H,12,14)(H,15,16). The number of benzene rings is 1. The van der Waals surface area contributed by atoms with E-state index in [-0.39, 0.29) is 18.0 Å². The Morgan fingerprint density at radius 3 is 2.62 bits per heavy atom. The third-order valence-corrected chi connectivity index (χ3v) is 2.12. The molecule has 0 heterocycles. The van der Waals surface area contributed by atoms with Crippen molar-refractivity contribution >= 4 is 17.6 Å². The van der Waals surface area contributed by atoms with E-state index in [1.54, 1.807) is 12.1 Å². The van der Waals surface area contributed by atoms with Crippen LogP contribution in [0.3, 0.4) is 0 Å². The minimum Gasteiger partial charge on any atom is -0.478 e. The number of aryl methyl sites for hydroxylation is 1. The second kappa shape index (κ2) is 5.16. The van der Waals surface area contributed by atoms with Crippen molar-refractivity contribution in [3.05, 3.63) is 29.3 Å². The number of anilines is 1. The van der Waals surface area contributed by atoms with Crippen molar-refractivity contribution in [2.45, 2.75) is 6.92 Å². The van der Waals surface area contributed by atoms with Gasteiger partial charge in [-0.1, -0.05) is 6.07 Å². The summed E-state index contributed by atoms with van der Waals surface area (Å²) in [6.07, 6.45) is 0. The fourth-order valence-corrected chi connectivity index (χ4v) is 1.25. The molecule has 5 nitrogen and oxygen atoms in total. The number of hydrogen-bond acceptors (Lipinski definition) is 3. The predicted octanol–water partition coefficient (Wildman–Crippen LogP) is 0.851. The van der Waals surface area contributed by atoms with Crippen LogP contribution in [-0.4, -0.2) is 30.6 Å². The summed E-state index contributed by atoms with van der Waals surface area (Å²) < 4.78 is 0. The van der Waals surface area contributed by atoms with Gasteiger partial charge in [0, 0.05) is 12.7 Å². The van der Waals surface area contributed by atoms with Crippen LogP contribution in [0.25, 0.3) is 0 Å². The number of hydrogen-bond donors (Lipinski definition) is 3. The van der Waals surface area contributed by atoms with E-state index in [0.29, 0.717) is 5.69 Å². The maximum absolute atomic E-state index is 11.0. The first kappa shape index (κ1) is 12.0. The molecule has 5 heteroatoms. The summed E-state index contributed by atoms with van der Waals surface area (Å²) in [4.78, 5) is 21.9. The smallest absolute Gasteiger partial charge is 0.337 e.